The van der Waals surface area contributed by atoms with E-state index in [0.29, 0.717) is 30.5 Å². The fraction of sp³-hybridized carbons (Fsp3) is 0.500. The first-order chi connectivity index (χ1) is 10.3. The van der Waals surface area contributed by atoms with Crippen LogP contribution < -0.4 is 5.73 Å². The topological polar surface area (TPSA) is 96.3 Å². The maximum Gasteiger partial charge on any atom is 0.216 e. The van der Waals surface area contributed by atoms with Gasteiger partial charge in [0.15, 0.2) is 11.7 Å². The fourth-order valence-electron chi connectivity index (χ4n) is 2.42. The van der Waals surface area contributed by atoms with Crippen molar-refractivity contribution in [2.75, 3.05) is 19.6 Å². The molecule has 1 fully saturated rings. The number of nitrogens with one attached hydrogen (secondary N) is 1. The average Bonchev–Trinajstić information content (AvgIpc) is 3.19. The standard InChI is InChI=1S/C14H20N6O.HI/c15-14(20-8-2-1-3-9-20)16-7-6-12-17-13(19-18-12)11-5-4-10-21-11;/h4-5,10H,1-3,6-9H2,(H2,15,16)(H,17,18,19);1H. The van der Waals surface area contributed by atoms with Gasteiger partial charge >= 0.3 is 0 Å². The molecule has 0 atom stereocenters. The number of H-pyrrole nitrogens is 1. The van der Waals surface area contributed by atoms with Crippen LogP contribution in [0.15, 0.2) is 27.8 Å². The van der Waals surface area contributed by atoms with E-state index >= 15 is 0 Å². The summed E-state index contributed by atoms with van der Waals surface area (Å²) >= 11 is 0. The molecule has 0 aromatic carbocycles. The number of likely N-dealkylation sites (tertiary alicyclic amines) is 1. The van der Waals surface area contributed by atoms with Gasteiger partial charge in [-0.3, -0.25) is 10.1 Å². The van der Waals surface area contributed by atoms with Gasteiger partial charge in [0.2, 0.25) is 5.82 Å². The van der Waals surface area contributed by atoms with Gasteiger partial charge in [0.25, 0.3) is 0 Å². The summed E-state index contributed by atoms with van der Waals surface area (Å²) in [5, 5.41) is 7.03. The number of guanidine groups is 1. The predicted molar refractivity (Wildman–Crippen MR) is 95.1 cm³/mol. The van der Waals surface area contributed by atoms with Gasteiger partial charge in [-0.25, -0.2) is 4.98 Å². The normalized spacial score (nSPS) is 15.6. The molecule has 0 aliphatic carbocycles. The van der Waals surface area contributed by atoms with Crippen LogP contribution >= 0.6 is 24.0 Å². The summed E-state index contributed by atoms with van der Waals surface area (Å²) in [4.78, 5) is 11.0. The number of nitrogens with zero attached hydrogens (tertiary/aromatic N) is 4. The van der Waals surface area contributed by atoms with Crippen LogP contribution in [-0.2, 0) is 6.42 Å². The van der Waals surface area contributed by atoms with E-state index in [9.17, 15) is 0 Å². The number of aromatic amines is 1. The second-order valence-electron chi connectivity index (χ2n) is 5.12. The molecule has 3 heterocycles. The van der Waals surface area contributed by atoms with Crippen molar-refractivity contribution in [1.82, 2.24) is 20.1 Å². The summed E-state index contributed by atoms with van der Waals surface area (Å²) in [6.45, 7) is 2.63. The number of hydrogen-bond donors (Lipinski definition) is 2. The number of rotatable bonds is 4. The number of aromatic nitrogens is 3. The summed E-state index contributed by atoms with van der Waals surface area (Å²) in [6.07, 6.45) is 5.98. The molecular weight excluding hydrogens is 395 g/mol. The smallest absolute Gasteiger partial charge is 0.216 e. The van der Waals surface area contributed by atoms with E-state index in [1.807, 2.05) is 12.1 Å². The number of furan rings is 1. The van der Waals surface area contributed by atoms with Crippen molar-refractivity contribution in [3.63, 3.8) is 0 Å². The average molecular weight is 416 g/mol. The van der Waals surface area contributed by atoms with Crippen LogP contribution in [-0.4, -0.2) is 45.7 Å². The Morgan fingerprint density at radius 2 is 2.18 bits per heavy atom. The third-order valence-electron chi connectivity index (χ3n) is 3.58. The lowest BCUT2D eigenvalue weighted by molar-refractivity contribution is 0.338. The molecule has 1 saturated heterocycles. The Balaban J connectivity index is 0.00000176. The molecule has 0 unspecified atom stereocenters. The zero-order chi connectivity index (χ0) is 14.5. The van der Waals surface area contributed by atoms with Gasteiger partial charge in [-0.1, -0.05) is 0 Å². The summed E-state index contributed by atoms with van der Waals surface area (Å²) in [7, 11) is 0. The number of nitrogens with two attached hydrogens (primary N) is 1. The van der Waals surface area contributed by atoms with Crippen molar-refractivity contribution >= 4 is 29.9 Å². The first-order valence-corrected chi connectivity index (χ1v) is 7.33. The molecule has 0 spiro atoms. The highest BCUT2D eigenvalue weighted by Crippen LogP contribution is 2.14. The van der Waals surface area contributed by atoms with Crippen LogP contribution in [0.25, 0.3) is 11.6 Å². The van der Waals surface area contributed by atoms with Crippen molar-refractivity contribution in [2.45, 2.75) is 25.7 Å². The Kier molecular flexibility index (Phi) is 6.22. The minimum atomic E-state index is 0. The third-order valence-corrected chi connectivity index (χ3v) is 3.58. The van der Waals surface area contributed by atoms with Crippen molar-refractivity contribution in [3.8, 4) is 11.6 Å². The van der Waals surface area contributed by atoms with Gasteiger partial charge in [0, 0.05) is 26.1 Å². The van der Waals surface area contributed by atoms with Gasteiger partial charge in [0.05, 0.1) is 6.26 Å². The molecule has 3 rings (SSSR count). The summed E-state index contributed by atoms with van der Waals surface area (Å²) in [6, 6.07) is 3.65. The number of halogens is 1. The SMILES string of the molecule is I.NC(=NCCc1nc(-c2ccco2)n[nH]1)N1CCCCC1. The zero-order valence-electron chi connectivity index (χ0n) is 12.4. The van der Waals surface area contributed by atoms with Crippen LogP contribution in [0.4, 0.5) is 0 Å². The van der Waals surface area contributed by atoms with E-state index in [0.717, 1.165) is 18.9 Å². The van der Waals surface area contributed by atoms with Gasteiger partial charge in [-0.05, 0) is 31.4 Å². The van der Waals surface area contributed by atoms with Gasteiger partial charge < -0.3 is 15.1 Å². The predicted octanol–water partition coefficient (Wildman–Crippen LogP) is 2.03. The highest BCUT2D eigenvalue weighted by Gasteiger charge is 2.12. The molecule has 7 nitrogen and oxygen atoms in total. The van der Waals surface area contributed by atoms with E-state index in [1.54, 1.807) is 6.26 Å². The van der Waals surface area contributed by atoms with Crippen LogP contribution in [0.2, 0.25) is 0 Å². The minimum Gasteiger partial charge on any atom is -0.461 e. The molecule has 0 amide bonds. The van der Waals surface area contributed by atoms with Gasteiger partial charge in [-0.15, -0.1) is 24.0 Å². The molecule has 8 heteroatoms. The molecule has 0 bridgehead atoms. The Hall–Kier alpha value is -1.58. The largest absolute Gasteiger partial charge is 0.461 e. The molecule has 120 valence electrons. The summed E-state index contributed by atoms with van der Waals surface area (Å²) < 4.78 is 5.26. The summed E-state index contributed by atoms with van der Waals surface area (Å²) in [5.74, 6) is 2.66. The lowest BCUT2D eigenvalue weighted by Gasteiger charge is -2.27. The monoisotopic (exact) mass is 416 g/mol. The minimum absolute atomic E-state index is 0. The van der Waals surface area contributed by atoms with Crippen molar-refractivity contribution in [1.29, 1.82) is 0 Å². The van der Waals surface area contributed by atoms with Crippen molar-refractivity contribution < 1.29 is 4.42 Å². The second-order valence-corrected chi connectivity index (χ2v) is 5.12. The Morgan fingerprint density at radius 1 is 1.36 bits per heavy atom. The Labute approximate surface area is 146 Å². The molecule has 1 aliphatic heterocycles. The highest BCUT2D eigenvalue weighted by molar-refractivity contribution is 14.0. The lowest BCUT2D eigenvalue weighted by atomic mass is 10.1. The molecule has 2 aromatic rings. The van der Waals surface area contributed by atoms with Gasteiger partial charge in [-0.2, -0.15) is 5.10 Å². The first-order valence-electron chi connectivity index (χ1n) is 7.33. The van der Waals surface area contributed by atoms with E-state index < -0.39 is 0 Å². The first kappa shape index (κ1) is 16.8. The number of piperidine rings is 1. The number of hydrogen-bond acceptors (Lipinski definition) is 4. The van der Waals surface area contributed by atoms with E-state index in [4.69, 9.17) is 10.2 Å². The summed E-state index contributed by atoms with van der Waals surface area (Å²) in [5.41, 5.74) is 6.01. The Morgan fingerprint density at radius 3 is 2.91 bits per heavy atom. The van der Waals surface area contributed by atoms with Crippen molar-refractivity contribution in [2.24, 2.45) is 10.7 Å². The van der Waals surface area contributed by atoms with Crippen LogP contribution in [0.5, 0.6) is 0 Å². The second kappa shape index (κ2) is 8.16. The van der Waals surface area contributed by atoms with Crippen LogP contribution in [0, 0.1) is 0 Å². The molecule has 0 radical (unpaired) electrons. The highest BCUT2D eigenvalue weighted by atomic mass is 127. The van der Waals surface area contributed by atoms with Crippen LogP contribution in [0.3, 0.4) is 0 Å². The van der Waals surface area contributed by atoms with Crippen molar-refractivity contribution in [3.05, 3.63) is 24.2 Å². The maximum absolute atomic E-state index is 6.01. The maximum atomic E-state index is 6.01. The zero-order valence-corrected chi connectivity index (χ0v) is 14.7. The van der Waals surface area contributed by atoms with Gasteiger partial charge in [0.1, 0.15) is 5.82 Å². The fourth-order valence-corrected chi connectivity index (χ4v) is 2.42. The lowest BCUT2D eigenvalue weighted by Crippen LogP contribution is -2.41. The third kappa shape index (κ3) is 4.21. The number of aliphatic imine (C=N–C) groups is 1. The molecule has 2 aromatic heterocycles. The molecule has 3 N–H and O–H groups in total. The van der Waals surface area contributed by atoms with E-state index in [-0.39, 0.29) is 24.0 Å². The molecule has 1 aliphatic rings. The van der Waals surface area contributed by atoms with Crippen LogP contribution in [0.1, 0.15) is 25.1 Å². The Bertz CT molecular complexity index is 588. The molecule has 0 saturated carbocycles. The quantitative estimate of drug-likeness (QED) is 0.452. The van der Waals surface area contributed by atoms with E-state index in [1.165, 1.54) is 19.3 Å². The van der Waals surface area contributed by atoms with E-state index in [2.05, 4.69) is 25.1 Å². The molecular formula is C14H21IN6O. The molecule has 22 heavy (non-hydrogen) atoms.